The molecule has 2 aromatic carbocycles. The Balaban J connectivity index is 1.75. The molecule has 0 saturated heterocycles. The zero-order chi connectivity index (χ0) is 22.4. The molecule has 31 heavy (non-hydrogen) atoms. The number of carbonyl (C=O) groups excluding carboxylic acids is 1. The Morgan fingerprint density at radius 3 is 2.35 bits per heavy atom. The summed E-state index contributed by atoms with van der Waals surface area (Å²) in [6.07, 6.45) is 1.31. The number of nitro benzene ring substituents is 1. The highest BCUT2D eigenvalue weighted by atomic mass is 16.6. The number of hydrogen-bond acceptors (Lipinski definition) is 8. The topological polar surface area (TPSA) is 125 Å². The van der Waals surface area contributed by atoms with Gasteiger partial charge in [0.25, 0.3) is 11.6 Å². The van der Waals surface area contributed by atoms with Crippen molar-refractivity contribution in [3.05, 3.63) is 70.0 Å². The van der Waals surface area contributed by atoms with Gasteiger partial charge in [-0.05, 0) is 30.3 Å². The van der Waals surface area contributed by atoms with Gasteiger partial charge in [0, 0.05) is 23.8 Å². The number of methoxy groups -OCH3 is 3. The highest BCUT2D eigenvalue weighted by Crippen LogP contribution is 2.34. The third-order valence-electron chi connectivity index (χ3n) is 4.26. The maximum Gasteiger partial charge on any atom is 0.271 e. The third-order valence-corrected chi connectivity index (χ3v) is 4.26. The SMILES string of the molecule is COc1cc(OC)cc(C(=O)N/N=C\c2ccc(-c3cc([N+](=O)[O-])ccc3OC)o2)c1. The summed E-state index contributed by atoms with van der Waals surface area (Å²) in [6, 6.07) is 12.2. The van der Waals surface area contributed by atoms with E-state index in [-0.39, 0.29) is 5.69 Å². The summed E-state index contributed by atoms with van der Waals surface area (Å²) in [7, 11) is 4.43. The van der Waals surface area contributed by atoms with Crippen molar-refractivity contribution in [3.8, 4) is 28.6 Å². The minimum atomic E-state index is -0.503. The van der Waals surface area contributed by atoms with Crippen molar-refractivity contribution in [1.82, 2.24) is 5.43 Å². The summed E-state index contributed by atoms with van der Waals surface area (Å²) in [5.41, 5.74) is 3.02. The molecular formula is C21H19N3O7. The fourth-order valence-electron chi connectivity index (χ4n) is 2.73. The molecule has 1 N–H and O–H groups in total. The summed E-state index contributed by atoms with van der Waals surface area (Å²) in [4.78, 5) is 22.9. The lowest BCUT2D eigenvalue weighted by atomic mass is 10.1. The summed E-state index contributed by atoms with van der Waals surface area (Å²) in [6.45, 7) is 0. The van der Waals surface area contributed by atoms with Gasteiger partial charge in [0.05, 0.1) is 38.0 Å². The molecule has 1 amide bonds. The molecular weight excluding hydrogens is 406 g/mol. The van der Waals surface area contributed by atoms with Gasteiger partial charge < -0.3 is 18.6 Å². The van der Waals surface area contributed by atoms with E-state index in [0.29, 0.717) is 39.9 Å². The van der Waals surface area contributed by atoms with Gasteiger partial charge in [-0.15, -0.1) is 0 Å². The fourth-order valence-corrected chi connectivity index (χ4v) is 2.73. The van der Waals surface area contributed by atoms with E-state index in [0.717, 1.165) is 0 Å². The normalized spacial score (nSPS) is 10.7. The van der Waals surface area contributed by atoms with Crippen LogP contribution in [0.15, 0.2) is 58.0 Å². The number of nitrogens with one attached hydrogen (secondary N) is 1. The highest BCUT2D eigenvalue weighted by Gasteiger charge is 2.16. The van der Waals surface area contributed by atoms with Gasteiger partial charge >= 0.3 is 0 Å². The smallest absolute Gasteiger partial charge is 0.271 e. The molecule has 0 atom stereocenters. The van der Waals surface area contributed by atoms with Gasteiger partial charge in [-0.2, -0.15) is 5.10 Å². The van der Waals surface area contributed by atoms with Crippen LogP contribution in [-0.4, -0.2) is 38.4 Å². The maximum atomic E-state index is 12.3. The molecule has 3 aromatic rings. The number of benzene rings is 2. The predicted molar refractivity (Wildman–Crippen MR) is 112 cm³/mol. The van der Waals surface area contributed by atoms with Crippen LogP contribution in [0.1, 0.15) is 16.1 Å². The first-order valence-electron chi connectivity index (χ1n) is 8.94. The lowest BCUT2D eigenvalue weighted by Gasteiger charge is -2.07. The van der Waals surface area contributed by atoms with Crippen LogP contribution in [0.3, 0.4) is 0 Å². The zero-order valence-electron chi connectivity index (χ0n) is 16.9. The minimum absolute atomic E-state index is 0.0941. The second-order valence-corrected chi connectivity index (χ2v) is 6.14. The van der Waals surface area contributed by atoms with E-state index in [1.165, 1.54) is 45.7 Å². The van der Waals surface area contributed by atoms with Crippen molar-refractivity contribution in [2.24, 2.45) is 5.10 Å². The average molecular weight is 425 g/mol. The van der Waals surface area contributed by atoms with Crippen LogP contribution in [0.2, 0.25) is 0 Å². The van der Waals surface area contributed by atoms with Crippen LogP contribution in [0.4, 0.5) is 5.69 Å². The van der Waals surface area contributed by atoms with Crippen molar-refractivity contribution in [2.45, 2.75) is 0 Å². The molecule has 0 spiro atoms. The third kappa shape index (κ3) is 4.99. The van der Waals surface area contributed by atoms with E-state index in [2.05, 4.69) is 10.5 Å². The highest BCUT2D eigenvalue weighted by molar-refractivity contribution is 5.95. The van der Waals surface area contributed by atoms with Crippen molar-refractivity contribution >= 4 is 17.8 Å². The zero-order valence-corrected chi connectivity index (χ0v) is 16.9. The van der Waals surface area contributed by atoms with Crippen LogP contribution >= 0.6 is 0 Å². The van der Waals surface area contributed by atoms with Crippen molar-refractivity contribution in [1.29, 1.82) is 0 Å². The summed E-state index contributed by atoms with van der Waals surface area (Å²) < 4.78 is 21.2. The Morgan fingerprint density at radius 1 is 1.03 bits per heavy atom. The molecule has 0 aliphatic heterocycles. The first kappa shape index (κ1) is 21.4. The fraction of sp³-hybridized carbons (Fsp3) is 0.143. The van der Waals surface area contributed by atoms with E-state index < -0.39 is 10.8 Å². The first-order chi connectivity index (χ1) is 14.9. The number of amides is 1. The molecule has 10 heteroatoms. The van der Waals surface area contributed by atoms with Gasteiger partial charge in [0.15, 0.2) is 0 Å². The molecule has 10 nitrogen and oxygen atoms in total. The molecule has 0 fully saturated rings. The first-order valence-corrected chi connectivity index (χ1v) is 8.94. The van der Waals surface area contributed by atoms with Crippen molar-refractivity contribution in [3.63, 3.8) is 0 Å². The van der Waals surface area contributed by atoms with Crippen LogP contribution in [-0.2, 0) is 0 Å². The standard InChI is InChI=1S/C21H19N3O7/c1-28-16-8-13(9-17(11-16)29-2)21(25)23-22-12-15-5-7-20(31-15)18-10-14(24(26)27)4-6-19(18)30-3/h4-12H,1-3H3,(H,23,25)/b22-12-. The molecule has 160 valence electrons. The van der Waals surface area contributed by atoms with E-state index in [9.17, 15) is 14.9 Å². The Morgan fingerprint density at radius 2 is 1.74 bits per heavy atom. The number of hydrogen-bond donors (Lipinski definition) is 1. The number of nitrogens with zero attached hydrogens (tertiary/aromatic N) is 2. The number of carbonyl (C=O) groups is 1. The molecule has 0 saturated carbocycles. The molecule has 0 radical (unpaired) electrons. The molecule has 0 unspecified atom stereocenters. The average Bonchev–Trinajstić information content (AvgIpc) is 3.26. The van der Waals surface area contributed by atoms with Gasteiger partial charge in [-0.25, -0.2) is 5.43 Å². The second kappa shape index (κ2) is 9.44. The summed E-state index contributed by atoms with van der Waals surface area (Å²) >= 11 is 0. The molecule has 0 bridgehead atoms. The van der Waals surface area contributed by atoms with Gasteiger partial charge in [-0.1, -0.05) is 0 Å². The Bertz CT molecular complexity index is 1120. The molecule has 1 aromatic heterocycles. The number of hydrazone groups is 1. The van der Waals surface area contributed by atoms with Crippen molar-refractivity contribution < 1.29 is 28.3 Å². The maximum absolute atomic E-state index is 12.3. The van der Waals surface area contributed by atoms with Crippen LogP contribution in [0, 0.1) is 10.1 Å². The van der Waals surface area contributed by atoms with E-state index >= 15 is 0 Å². The number of furan rings is 1. The number of rotatable bonds is 8. The molecule has 0 aliphatic carbocycles. The summed E-state index contributed by atoms with van der Waals surface area (Å²) in [5, 5.41) is 14.9. The Hall–Kier alpha value is -4.34. The van der Waals surface area contributed by atoms with Crippen LogP contribution < -0.4 is 19.6 Å². The number of non-ortho nitro benzene ring substituents is 1. The molecule has 3 rings (SSSR count). The van der Waals surface area contributed by atoms with Gasteiger partial charge in [0.2, 0.25) is 0 Å². The predicted octanol–water partition coefficient (Wildman–Crippen LogP) is 3.64. The van der Waals surface area contributed by atoms with Gasteiger partial charge in [0.1, 0.15) is 28.8 Å². The Labute approximate surface area is 177 Å². The quantitative estimate of drug-likeness (QED) is 0.332. The van der Waals surface area contributed by atoms with Crippen molar-refractivity contribution in [2.75, 3.05) is 21.3 Å². The number of ether oxygens (including phenoxy) is 3. The number of nitro groups is 1. The van der Waals surface area contributed by atoms with E-state index in [1.54, 1.807) is 30.3 Å². The lowest BCUT2D eigenvalue weighted by molar-refractivity contribution is -0.384. The Kier molecular flexibility index (Phi) is 6.51. The van der Waals surface area contributed by atoms with Crippen LogP contribution in [0.5, 0.6) is 17.2 Å². The van der Waals surface area contributed by atoms with E-state index in [1.807, 2.05) is 0 Å². The van der Waals surface area contributed by atoms with Crippen LogP contribution in [0.25, 0.3) is 11.3 Å². The molecule has 0 aliphatic rings. The largest absolute Gasteiger partial charge is 0.497 e. The monoisotopic (exact) mass is 425 g/mol. The summed E-state index contributed by atoms with van der Waals surface area (Å²) in [5.74, 6) is 1.56. The van der Waals surface area contributed by atoms with Gasteiger partial charge in [-0.3, -0.25) is 14.9 Å². The van der Waals surface area contributed by atoms with E-state index in [4.69, 9.17) is 18.6 Å². The lowest BCUT2D eigenvalue weighted by Crippen LogP contribution is -2.17. The molecule has 1 heterocycles. The second-order valence-electron chi connectivity index (χ2n) is 6.14. The minimum Gasteiger partial charge on any atom is -0.497 e.